The quantitative estimate of drug-likeness (QED) is 0.821. The van der Waals surface area contributed by atoms with Crippen LogP contribution in [0, 0.1) is 0 Å². The second kappa shape index (κ2) is 8.58. The second-order valence-corrected chi connectivity index (χ2v) is 5.99. The van der Waals surface area contributed by atoms with Crippen LogP contribution in [0.4, 0.5) is 5.69 Å². The Morgan fingerprint density at radius 3 is 2.54 bits per heavy atom. The van der Waals surface area contributed by atoms with E-state index in [2.05, 4.69) is 5.32 Å². The molecule has 0 aliphatic carbocycles. The predicted molar refractivity (Wildman–Crippen MR) is 98.4 cm³/mol. The first-order valence-corrected chi connectivity index (χ1v) is 8.57. The third kappa shape index (κ3) is 4.46. The second-order valence-electron chi connectivity index (χ2n) is 5.99. The maximum atomic E-state index is 12.5. The number of ether oxygens (including phenoxy) is 4. The molecule has 1 saturated heterocycles. The van der Waals surface area contributed by atoms with E-state index >= 15 is 0 Å². The minimum Gasteiger partial charge on any atom is -0.497 e. The molecule has 3 rings (SSSR count). The number of hydrogen-bond acceptors (Lipinski definition) is 5. The highest BCUT2D eigenvalue weighted by Crippen LogP contribution is 2.29. The molecule has 1 amide bonds. The van der Waals surface area contributed by atoms with Crippen molar-refractivity contribution in [1.29, 1.82) is 0 Å². The molecule has 0 aromatic heterocycles. The maximum Gasteiger partial charge on any atom is 0.255 e. The fourth-order valence-corrected chi connectivity index (χ4v) is 2.76. The monoisotopic (exact) mass is 357 g/mol. The molecule has 26 heavy (non-hydrogen) atoms. The van der Waals surface area contributed by atoms with Crippen molar-refractivity contribution < 1.29 is 23.7 Å². The summed E-state index contributed by atoms with van der Waals surface area (Å²) in [7, 11) is 3.13. The molecule has 0 radical (unpaired) electrons. The van der Waals surface area contributed by atoms with Crippen LogP contribution < -0.4 is 19.5 Å². The Balaban J connectivity index is 1.61. The van der Waals surface area contributed by atoms with Gasteiger partial charge >= 0.3 is 0 Å². The maximum absolute atomic E-state index is 12.5. The largest absolute Gasteiger partial charge is 0.497 e. The SMILES string of the molecule is COc1ccc(NC(=O)c2ccc(OC[C@H]3CCCO3)cc2)c(OC)c1. The number of nitrogens with one attached hydrogen (secondary N) is 1. The average molecular weight is 357 g/mol. The van der Waals surface area contributed by atoms with Gasteiger partial charge in [-0.15, -0.1) is 0 Å². The van der Waals surface area contributed by atoms with Crippen molar-refractivity contribution in [1.82, 2.24) is 0 Å². The Morgan fingerprint density at radius 1 is 1.12 bits per heavy atom. The van der Waals surface area contributed by atoms with Gasteiger partial charge in [0.25, 0.3) is 5.91 Å². The van der Waals surface area contributed by atoms with E-state index in [1.165, 1.54) is 0 Å². The lowest BCUT2D eigenvalue weighted by Crippen LogP contribution is -2.16. The molecule has 0 bridgehead atoms. The first-order chi connectivity index (χ1) is 12.7. The van der Waals surface area contributed by atoms with Gasteiger partial charge in [-0.05, 0) is 49.2 Å². The molecule has 6 heteroatoms. The van der Waals surface area contributed by atoms with Gasteiger partial charge in [-0.3, -0.25) is 4.79 Å². The fraction of sp³-hybridized carbons (Fsp3) is 0.350. The van der Waals surface area contributed by atoms with Crippen LogP contribution in [0.3, 0.4) is 0 Å². The van der Waals surface area contributed by atoms with Gasteiger partial charge in [-0.25, -0.2) is 0 Å². The Labute approximate surface area is 153 Å². The minimum absolute atomic E-state index is 0.167. The highest BCUT2D eigenvalue weighted by molar-refractivity contribution is 6.05. The van der Waals surface area contributed by atoms with Crippen LogP contribution in [0.1, 0.15) is 23.2 Å². The number of benzene rings is 2. The molecule has 2 aromatic carbocycles. The van der Waals surface area contributed by atoms with Crippen molar-refractivity contribution in [3.05, 3.63) is 48.0 Å². The van der Waals surface area contributed by atoms with Gasteiger partial charge in [0.15, 0.2) is 0 Å². The zero-order chi connectivity index (χ0) is 18.4. The Hall–Kier alpha value is -2.73. The van der Waals surface area contributed by atoms with Crippen LogP contribution in [0.15, 0.2) is 42.5 Å². The number of carbonyl (C=O) groups excluding carboxylic acids is 1. The summed E-state index contributed by atoms with van der Waals surface area (Å²) in [4.78, 5) is 12.5. The van der Waals surface area contributed by atoms with Crippen molar-refractivity contribution in [2.75, 3.05) is 32.8 Å². The molecule has 1 heterocycles. The van der Waals surface area contributed by atoms with E-state index in [4.69, 9.17) is 18.9 Å². The van der Waals surface area contributed by atoms with Crippen molar-refractivity contribution >= 4 is 11.6 Å². The van der Waals surface area contributed by atoms with Crippen LogP contribution >= 0.6 is 0 Å². The van der Waals surface area contributed by atoms with Gasteiger partial charge in [0, 0.05) is 18.2 Å². The highest BCUT2D eigenvalue weighted by atomic mass is 16.5. The number of rotatable bonds is 7. The topological polar surface area (TPSA) is 66.0 Å². The van der Waals surface area contributed by atoms with Gasteiger partial charge in [-0.1, -0.05) is 0 Å². The summed E-state index contributed by atoms with van der Waals surface area (Å²) in [6, 6.07) is 12.3. The summed E-state index contributed by atoms with van der Waals surface area (Å²) in [5, 5.41) is 2.84. The fourth-order valence-electron chi connectivity index (χ4n) is 2.76. The van der Waals surface area contributed by atoms with E-state index in [9.17, 15) is 4.79 Å². The summed E-state index contributed by atoms with van der Waals surface area (Å²) in [5.74, 6) is 1.69. The first-order valence-electron chi connectivity index (χ1n) is 8.57. The molecular formula is C20H23NO5. The number of amides is 1. The summed E-state index contributed by atoms with van der Waals surface area (Å²) < 4.78 is 21.7. The van der Waals surface area contributed by atoms with Gasteiger partial charge in [0.1, 0.15) is 23.9 Å². The van der Waals surface area contributed by atoms with Crippen LogP contribution in [-0.2, 0) is 4.74 Å². The summed E-state index contributed by atoms with van der Waals surface area (Å²) in [5.41, 5.74) is 1.12. The first kappa shape index (κ1) is 18.1. The third-order valence-corrected chi connectivity index (χ3v) is 4.23. The predicted octanol–water partition coefficient (Wildman–Crippen LogP) is 3.51. The summed E-state index contributed by atoms with van der Waals surface area (Å²) in [6.45, 7) is 1.34. The minimum atomic E-state index is -0.223. The number of hydrogen-bond donors (Lipinski definition) is 1. The molecule has 1 aliphatic heterocycles. The van der Waals surface area contributed by atoms with Crippen LogP contribution in [0.5, 0.6) is 17.2 Å². The molecule has 1 aliphatic rings. The standard InChI is InChI=1S/C20H23NO5/c1-23-16-9-10-18(19(12-16)24-2)21-20(22)14-5-7-15(8-6-14)26-13-17-4-3-11-25-17/h5-10,12,17H,3-4,11,13H2,1-2H3,(H,21,22)/t17-/m1/s1. The van der Waals surface area contributed by atoms with Crippen LogP contribution in [0.2, 0.25) is 0 Å². The van der Waals surface area contributed by atoms with Crippen LogP contribution in [0.25, 0.3) is 0 Å². The lowest BCUT2D eigenvalue weighted by Gasteiger charge is -2.13. The molecule has 0 spiro atoms. The molecule has 0 saturated carbocycles. The lowest BCUT2D eigenvalue weighted by molar-refractivity contribution is 0.0679. The third-order valence-electron chi connectivity index (χ3n) is 4.23. The van der Waals surface area contributed by atoms with Gasteiger partial charge in [0.05, 0.1) is 26.0 Å². The van der Waals surface area contributed by atoms with Crippen molar-refractivity contribution in [2.45, 2.75) is 18.9 Å². The molecule has 6 nitrogen and oxygen atoms in total. The van der Waals surface area contributed by atoms with Gasteiger partial charge in [-0.2, -0.15) is 0 Å². The van der Waals surface area contributed by atoms with Gasteiger partial charge in [0.2, 0.25) is 0 Å². The molecule has 138 valence electrons. The highest BCUT2D eigenvalue weighted by Gasteiger charge is 2.16. The molecule has 1 fully saturated rings. The van der Waals surface area contributed by atoms with Crippen molar-refractivity contribution in [3.63, 3.8) is 0 Å². The molecule has 2 aromatic rings. The zero-order valence-electron chi connectivity index (χ0n) is 15.0. The van der Waals surface area contributed by atoms with E-state index in [1.807, 2.05) is 0 Å². The molecular weight excluding hydrogens is 334 g/mol. The lowest BCUT2D eigenvalue weighted by atomic mass is 10.2. The van der Waals surface area contributed by atoms with Crippen molar-refractivity contribution in [3.8, 4) is 17.2 Å². The number of methoxy groups -OCH3 is 2. The average Bonchev–Trinajstić information content (AvgIpc) is 3.20. The van der Waals surface area contributed by atoms with E-state index in [0.29, 0.717) is 29.4 Å². The summed E-state index contributed by atoms with van der Waals surface area (Å²) >= 11 is 0. The van der Waals surface area contributed by atoms with E-state index in [0.717, 1.165) is 25.2 Å². The van der Waals surface area contributed by atoms with E-state index in [-0.39, 0.29) is 12.0 Å². The molecule has 1 N–H and O–H groups in total. The van der Waals surface area contributed by atoms with Crippen molar-refractivity contribution in [2.24, 2.45) is 0 Å². The number of anilines is 1. The zero-order valence-corrected chi connectivity index (χ0v) is 15.0. The Morgan fingerprint density at radius 2 is 1.88 bits per heavy atom. The molecule has 1 atom stereocenters. The smallest absolute Gasteiger partial charge is 0.255 e. The summed E-state index contributed by atoms with van der Waals surface area (Å²) in [6.07, 6.45) is 2.28. The number of carbonyl (C=O) groups is 1. The Bertz CT molecular complexity index is 738. The van der Waals surface area contributed by atoms with E-state index in [1.54, 1.807) is 56.7 Å². The van der Waals surface area contributed by atoms with Gasteiger partial charge < -0.3 is 24.3 Å². The normalized spacial score (nSPS) is 16.2. The Kier molecular flexibility index (Phi) is 5.96. The van der Waals surface area contributed by atoms with E-state index < -0.39 is 0 Å². The molecule has 0 unspecified atom stereocenters. The van der Waals surface area contributed by atoms with Crippen LogP contribution in [-0.4, -0.2) is 39.4 Å².